The van der Waals surface area contributed by atoms with E-state index in [0.717, 1.165) is 17.0 Å². The lowest BCUT2D eigenvalue weighted by molar-refractivity contribution is -0.129. The van der Waals surface area contributed by atoms with Gasteiger partial charge < -0.3 is 15.4 Å². The van der Waals surface area contributed by atoms with E-state index in [0.29, 0.717) is 19.5 Å². The quantitative estimate of drug-likeness (QED) is 0.719. The molecule has 2 rings (SSSR count). The number of nitrogens with one attached hydrogen (secondary N) is 2. The van der Waals surface area contributed by atoms with Crippen molar-refractivity contribution in [1.29, 1.82) is 0 Å². The fraction of sp³-hybridized carbons (Fsp3) is 0.278. The lowest BCUT2D eigenvalue weighted by Crippen LogP contribution is -2.32. The number of pyridine rings is 1. The fourth-order valence-electron chi connectivity index (χ4n) is 2.10. The Morgan fingerprint density at radius 1 is 1.04 bits per heavy atom. The van der Waals surface area contributed by atoms with Gasteiger partial charge in [0.2, 0.25) is 11.8 Å². The number of benzene rings is 1. The summed E-state index contributed by atoms with van der Waals surface area (Å²) in [5.74, 6) is 0.192. The Morgan fingerprint density at radius 3 is 2.46 bits per heavy atom. The third kappa shape index (κ3) is 6.08. The van der Waals surface area contributed by atoms with Crippen LogP contribution in [0, 0.1) is 0 Å². The Kier molecular flexibility index (Phi) is 6.76. The van der Waals surface area contributed by atoms with Gasteiger partial charge in [-0.15, -0.1) is 0 Å². The molecule has 1 aromatic heterocycles. The molecule has 6 nitrogen and oxygen atoms in total. The van der Waals surface area contributed by atoms with Crippen LogP contribution >= 0.6 is 0 Å². The van der Waals surface area contributed by atoms with Gasteiger partial charge in [-0.1, -0.05) is 18.2 Å². The average molecular weight is 327 g/mol. The molecular weight excluding hydrogens is 306 g/mol. The van der Waals surface area contributed by atoms with Gasteiger partial charge in [-0.3, -0.25) is 14.6 Å². The summed E-state index contributed by atoms with van der Waals surface area (Å²) in [6.07, 6.45) is 2.17. The molecule has 2 aromatic rings. The van der Waals surface area contributed by atoms with Crippen LogP contribution in [-0.2, 0) is 22.6 Å². The van der Waals surface area contributed by atoms with Gasteiger partial charge in [0, 0.05) is 12.7 Å². The van der Waals surface area contributed by atoms with Gasteiger partial charge in [0.1, 0.15) is 12.2 Å². The number of aromatic nitrogens is 1. The van der Waals surface area contributed by atoms with Crippen molar-refractivity contribution in [1.82, 2.24) is 15.6 Å². The van der Waals surface area contributed by atoms with E-state index in [9.17, 15) is 9.59 Å². The number of hydrogen-bond donors (Lipinski definition) is 2. The van der Waals surface area contributed by atoms with E-state index in [2.05, 4.69) is 15.6 Å². The van der Waals surface area contributed by atoms with Gasteiger partial charge in [0.25, 0.3) is 0 Å². The van der Waals surface area contributed by atoms with Gasteiger partial charge >= 0.3 is 0 Å². The number of carbonyl (C=O) groups is 2. The maximum Gasteiger partial charge on any atom is 0.229 e. The van der Waals surface area contributed by atoms with Crippen LogP contribution < -0.4 is 15.4 Å². The Bertz CT molecular complexity index is 657. The Labute approximate surface area is 141 Å². The predicted octanol–water partition coefficient (Wildman–Crippen LogP) is 1.46. The molecule has 0 bridgehead atoms. The van der Waals surface area contributed by atoms with Crippen molar-refractivity contribution in [2.45, 2.75) is 19.4 Å². The highest BCUT2D eigenvalue weighted by molar-refractivity contribution is 5.96. The summed E-state index contributed by atoms with van der Waals surface area (Å²) >= 11 is 0. The number of amides is 2. The Morgan fingerprint density at radius 2 is 1.79 bits per heavy atom. The summed E-state index contributed by atoms with van der Waals surface area (Å²) in [4.78, 5) is 27.6. The van der Waals surface area contributed by atoms with E-state index in [4.69, 9.17) is 4.74 Å². The van der Waals surface area contributed by atoms with Gasteiger partial charge in [0.05, 0.1) is 19.3 Å². The largest absolute Gasteiger partial charge is 0.497 e. The maximum atomic E-state index is 11.7. The normalized spacial score (nSPS) is 10.0. The molecule has 1 heterocycles. The van der Waals surface area contributed by atoms with Crippen molar-refractivity contribution >= 4 is 11.8 Å². The van der Waals surface area contributed by atoms with E-state index >= 15 is 0 Å². The lowest BCUT2D eigenvalue weighted by Gasteiger charge is -2.07. The summed E-state index contributed by atoms with van der Waals surface area (Å²) in [5, 5.41) is 5.42. The average Bonchev–Trinajstić information content (AvgIpc) is 2.61. The molecule has 2 amide bonds. The summed E-state index contributed by atoms with van der Waals surface area (Å²) in [6.45, 7) is 0.803. The number of rotatable bonds is 8. The highest BCUT2D eigenvalue weighted by Crippen LogP contribution is 2.11. The van der Waals surface area contributed by atoms with Crippen LogP contribution in [0.3, 0.4) is 0 Å². The Balaban J connectivity index is 1.64. The third-order valence-corrected chi connectivity index (χ3v) is 3.41. The second kappa shape index (κ2) is 9.29. The van der Waals surface area contributed by atoms with Crippen molar-refractivity contribution in [3.05, 3.63) is 59.9 Å². The summed E-state index contributed by atoms with van der Waals surface area (Å²) in [5.41, 5.74) is 1.85. The fourth-order valence-corrected chi connectivity index (χ4v) is 2.10. The smallest absolute Gasteiger partial charge is 0.229 e. The van der Waals surface area contributed by atoms with E-state index < -0.39 is 0 Å². The number of nitrogens with zero attached hydrogens (tertiary/aromatic N) is 1. The van der Waals surface area contributed by atoms with E-state index in [1.165, 1.54) is 0 Å². The first-order chi connectivity index (χ1) is 11.7. The van der Waals surface area contributed by atoms with E-state index in [-0.39, 0.29) is 18.2 Å². The molecule has 0 aliphatic carbocycles. The van der Waals surface area contributed by atoms with Crippen LogP contribution in [0.15, 0.2) is 48.7 Å². The molecule has 126 valence electrons. The number of carbonyl (C=O) groups excluding carboxylic acids is 2. The van der Waals surface area contributed by atoms with E-state index in [1.807, 2.05) is 42.5 Å². The second-order valence-corrected chi connectivity index (χ2v) is 5.22. The Hall–Kier alpha value is -2.89. The zero-order valence-electron chi connectivity index (χ0n) is 13.6. The van der Waals surface area contributed by atoms with Crippen LogP contribution in [0.5, 0.6) is 5.75 Å². The monoisotopic (exact) mass is 327 g/mol. The number of ether oxygens (including phenoxy) is 1. The first-order valence-electron chi connectivity index (χ1n) is 7.73. The van der Waals surface area contributed by atoms with Gasteiger partial charge in [-0.2, -0.15) is 0 Å². The van der Waals surface area contributed by atoms with Crippen LogP contribution in [0.4, 0.5) is 0 Å². The van der Waals surface area contributed by atoms with Gasteiger partial charge in [0.15, 0.2) is 0 Å². The minimum Gasteiger partial charge on any atom is -0.497 e. The molecule has 0 atom stereocenters. The molecule has 0 aliphatic rings. The standard InChI is InChI=1S/C18H21N3O3/c1-24-16-7-5-14(6-8-16)9-11-20-17(22)12-18(23)21-13-15-4-2-3-10-19-15/h2-8,10H,9,11-13H2,1H3,(H,20,22)(H,21,23). The van der Waals surface area contributed by atoms with Crippen LogP contribution in [0.2, 0.25) is 0 Å². The number of methoxy groups -OCH3 is 1. The zero-order valence-corrected chi connectivity index (χ0v) is 13.6. The molecule has 6 heteroatoms. The third-order valence-electron chi connectivity index (χ3n) is 3.41. The molecule has 1 aromatic carbocycles. The first-order valence-corrected chi connectivity index (χ1v) is 7.73. The summed E-state index contributed by atoms with van der Waals surface area (Å²) < 4.78 is 5.09. The van der Waals surface area contributed by atoms with Crippen molar-refractivity contribution < 1.29 is 14.3 Å². The highest BCUT2D eigenvalue weighted by Gasteiger charge is 2.08. The molecule has 24 heavy (non-hydrogen) atoms. The van der Waals surface area contributed by atoms with Crippen LogP contribution in [-0.4, -0.2) is 30.5 Å². The minimum absolute atomic E-state index is 0.185. The molecule has 0 saturated carbocycles. The maximum absolute atomic E-state index is 11.7. The molecule has 0 fully saturated rings. The van der Waals surface area contributed by atoms with Crippen LogP contribution in [0.25, 0.3) is 0 Å². The topological polar surface area (TPSA) is 80.3 Å². The SMILES string of the molecule is COc1ccc(CCNC(=O)CC(=O)NCc2ccccn2)cc1. The molecule has 0 saturated heterocycles. The van der Waals surface area contributed by atoms with Crippen molar-refractivity contribution in [3.63, 3.8) is 0 Å². The second-order valence-electron chi connectivity index (χ2n) is 5.22. The van der Waals surface area contributed by atoms with E-state index in [1.54, 1.807) is 13.3 Å². The summed E-state index contributed by atoms with van der Waals surface area (Å²) in [6, 6.07) is 13.1. The van der Waals surface area contributed by atoms with Gasteiger partial charge in [-0.05, 0) is 36.2 Å². The summed E-state index contributed by atoms with van der Waals surface area (Å²) in [7, 11) is 1.62. The van der Waals surface area contributed by atoms with Crippen LogP contribution in [0.1, 0.15) is 17.7 Å². The van der Waals surface area contributed by atoms with Crippen molar-refractivity contribution in [2.24, 2.45) is 0 Å². The first kappa shape index (κ1) is 17.5. The molecule has 0 spiro atoms. The minimum atomic E-state index is -0.317. The number of hydrogen-bond acceptors (Lipinski definition) is 4. The van der Waals surface area contributed by atoms with Crippen molar-refractivity contribution in [3.8, 4) is 5.75 Å². The van der Waals surface area contributed by atoms with Crippen molar-refractivity contribution in [2.75, 3.05) is 13.7 Å². The zero-order chi connectivity index (χ0) is 17.2. The molecule has 0 unspecified atom stereocenters. The molecular formula is C18H21N3O3. The molecule has 2 N–H and O–H groups in total. The predicted molar refractivity (Wildman–Crippen MR) is 90.4 cm³/mol. The van der Waals surface area contributed by atoms with Gasteiger partial charge in [-0.25, -0.2) is 0 Å². The lowest BCUT2D eigenvalue weighted by atomic mass is 10.1. The molecule has 0 aliphatic heterocycles. The molecule has 0 radical (unpaired) electrons. The highest BCUT2D eigenvalue weighted by atomic mass is 16.5.